The van der Waals surface area contributed by atoms with Crippen LogP contribution in [-0.4, -0.2) is 70.5 Å². The van der Waals surface area contributed by atoms with Gasteiger partial charge in [-0.3, -0.25) is 9.59 Å². The van der Waals surface area contributed by atoms with Crippen molar-refractivity contribution < 1.29 is 38.8 Å². The number of amides is 2. The molecule has 0 saturated heterocycles. The van der Waals surface area contributed by atoms with Gasteiger partial charge in [0, 0.05) is 31.5 Å². The fourth-order valence-electron chi connectivity index (χ4n) is 5.65. The van der Waals surface area contributed by atoms with Gasteiger partial charge in [0.05, 0.1) is 29.9 Å². The molecule has 4 rings (SSSR count). The zero-order chi connectivity index (χ0) is 30.2. The fourth-order valence-corrected chi connectivity index (χ4v) is 6.44. The fraction of sp³-hybridized carbons (Fsp3) is 0.484. The smallest absolute Gasteiger partial charge is 0.247 e. The van der Waals surface area contributed by atoms with Crippen molar-refractivity contribution in [2.24, 2.45) is 5.92 Å². The quantitative estimate of drug-likeness (QED) is 0.251. The second kappa shape index (κ2) is 15.1. The van der Waals surface area contributed by atoms with Crippen LogP contribution in [-0.2, 0) is 22.7 Å². The average molecular weight is 697 g/mol. The van der Waals surface area contributed by atoms with Crippen LogP contribution in [0.1, 0.15) is 49.7 Å². The first-order chi connectivity index (χ1) is 20.2. The van der Waals surface area contributed by atoms with Gasteiger partial charge < -0.3 is 35.0 Å². The lowest BCUT2D eigenvalue weighted by molar-refractivity contribution is -0.140. The highest BCUT2D eigenvalue weighted by atomic mass is 127. The molecule has 0 spiro atoms. The molecule has 0 aromatic heterocycles. The molecule has 2 aliphatic carbocycles. The maximum atomic E-state index is 13.9. The summed E-state index contributed by atoms with van der Waals surface area (Å²) in [5, 5.41) is 33.3. The summed E-state index contributed by atoms with van der Waals surface area (Å²) in [5.74, 6) is -0.0495. The number of hydrogen-bond acceptors (Lipinski definition) is 7. The summed E-state index contributed by atoms with van der Waals surface area (Å²) in [5.41, 5.74) is 1.62. The van der Waals surface area contributed by atoms with Crippen LogP contribution in [0.2, 0.25) is 0 Å². The van der Waals surface area contributed by atoms with E-state index in [2.05, 4.69) is 27.9 Å². The molecular formula is C31H38FIN2O7. The molecule has 4 N–H and O–H groups in total. The topological polar surface area (TPSA) is 129 Å². The van der Waals surface area contributed by atoms with Crippen molar-refractivity contribution in [3.8, 4) is 11.5 Å². The standard InChI is InChI=1S/C31H38FIN2O7/c1-41-27-13-21(18-37)12-24(33)30(27)42-26-16-22(31(40)34-10-11-36)15-25(29(26)39)35(17-20-6-8-23(32)9-7-20)28(38)14-19-4-2-3-5-19/h6-9,12-13,16,19,25-26,29,36-37,39H,2-5,10-11,14-15,17-18H2,1H3,(H,34,40)/t25-,26+,29+/m1/s1. The van der Waals surface area contributed by atoms with Gasteiger partial charge in [0.25, 0.3) is 0 Å². The molecule has 3 atom stereocenters. The van der Waals surface area contributed by atoms with E-state index >= 15 is 0 Å². The lowest BCUT2D eigenvalue weighted by Gasteiger charge is -2.41. The minimum absolute atomic E-state index is 0.0448. The number of benzene rings is 2. The molecule has 0 unspecified atom stereocenters. The molecule has 1 saturated carbocycles. The Hall–Kier alpha value is -2.74. The van der Waals surface area contributed by atoms with Crippen LogP contribution in [0.3, 0.4) is 0 Å². The summed E-state index contributed by atoms with van der Waals surface area (Å²) in [4.78, 5) is 28.6. The van der Waals surface area contributed by atoms with Gasteiger partial charge in [0.2, 0.25) is 11.8 Å². The molecule has 2 aromatic carbocycles. The van der Waals surface area contributed by atoms with Crippen LogP contribution in [0.25, 0.3) is 0 Å². The molecule has 2 aromatic rings. The third-order valence-corrected chi connectivity index (χ3v) is 8.67. The minimum atomic E-state index is -1.22. The van der Waals surface area contributed by atoms with E-state index in [4.69, 9.17) is 9.47 Å². The van der Waals surface area contributed by atoms with Crippen molar-refractivity contribution >= 4 is 34.4 Å². The normalized spacial score (nSPS) is 20.6. The first-order valence-corrected chi connectivity index (χ1v) is 15.3. The van der Waals surface area contributed by atoms with Crippen LogP contribution < -0.4 is 14.8 Å². The second-order valence-electron chi connectivity index (χ2n) is 10.8. The number of rotatable bonds is 12. The minimum Gasteiger partial charge on any atom is -0.493 e. The average Bonchev–Trinajstić information content (AvgIpc) is 3.50. The number of hydrogen-bond donors (Lipinski definition) is 4. The van der Waals surface area contributed by atoms with Crippen LogP contribution >= 0.6 is 22.6 Å². The lowest BCUT2D eigenvalue weighted by atomic mass is 9.87. The lowest BCUT2D eigenvalue weighted by Crippen LogP contribution is -2.55. The summed E-state index contributed by atoms with van der Waals surface area (Å²) in [6.45, 7) is -0.271. The molecule has 2 amide bonds. The Morgan fingerprint density at radius 1 is 1.12 bits per heavy atom. The highest BCUT2D eigenvalue weighted by Gasteiger charge is 2.41. The van der Waals surface area contributed by atoms with Crippen molar-refractivity contribution in [2.75, 3.05) is 20.3 Å². The van der Waals surface area contributed by atoms with Crippen molar-refractivity contribution in [1.29, 1.82) is 0 Å². The summed E-state index contributed by atoms with van der Waals surface area (Å²) in [6.07, 6.45) is 3.75. The number of ether oxygens (including phenoxy) is 2. The molecule has 0 bridgehead atoms. The van der Waals surface area contributed by atoms with Crippen molar-refractivity contribution in [2.45, 2.75) is 69.9 Å². The molecular weight excluding hydrogens is 658 g/mol. The van der Waals surface area contributed by atoms with E-state index in [0.717, 1.165) is 25.7 Å². The number of nitrogens with one attached hydrogen (secondary N) is 1. The van der Waals surface area contributed by atoms with Crippen LogP contribution in [0.5, 0.6) is 11.5 Å². The van der Waals surface area contributed by atoms with Crippen molar-refractivity contribution in [1.82, 2.24) is 10.2 Å². The Balaban J connectivity index is 1.71. The number of nitrogens with zero attached hydrogens (tertiary/aromatic N) is 1. The maximum absolute atomic E-state index is 13.9. The number of carbonyl (C=O) groups is 2. The Labute approximate surface area is 258 Å². The Morgan fingerprint density at radius 2 is 1.83 bits per heavy atom. The third-order valence-electron chi connectivity index (χ3n) is 7.86. The van der Waals surface area contributed by atoms with Gasteiger partial charge in [0.1, 0.15) is 18.0 Å². The number of halogens is 2. The second-order valence-corrected chi connectivity index (χ2v) is 11.9. The highest BCUT2D eigenvalue weighted by molar-refractivity contribution is 14.1. The van der Waals surface area contributed by atoms with Crippen LogP contribution in [0, 0.1) is 15.3 Å². The van der Waals surface area contributed by atoms with E-state index < -0.39 is 30.0 Å². The van der Waals surface area contributed by atoms with Gasteiger partial charge in [-0.1, -0.05) is 25.0 Å². The molecule has 9 nitrogen and oxygen atoms in total. The number of aliphatic hydroxyl groups excluding tert-OH is 3. The SMILES string of the molecule is COc1cc(CO)cc(I)c1O[C@H]1C=C(C(=O)NCCO)C[C@@H](N(Cc2ccc(F)cc2)C(=O)CC2CCCC2)[C@@H]1O. The van der Waals surface area contributed by atoms with E-state index in [1.54, 1.807) is 35.2 Å². The van der Waals surface area contributed by atoms with Crippen molar-refractivity contribution in [3.63, 3.8) is 0 Å². The first kappa shape index (κ1) is 32.2. The summed E-state index contributed by atoms with van der Waals surface area (Å²) >= 11 is 2.05. The van der Waals surface area contributed by atoms with E-state index in [1.807, 2.05) is 0 Å². The van der Waals surface area contributed by atoms with Crippen LogP contribution in [0.15, 0.2) is 48.0 Å². The highest BCUT2D eigenvalue weighted by Crippen LogP contribution is 2.38. The Morgan fingerprint density at radius 3 is 2.48 bits per heavy atom. The predicted octanol–water partition coefficient (Wildman–Crippen LogP) is 3.46. The molecule has 0 aliphatic heterocycles. The van der Waals surface area contributed by atoms with E-state index in [9.17, 15) is 29.3 Å². The number of aliphatic hydroxyl groups is 3. The summed E-state index contributed by atoms with van der Waals surface area (Å²) < 4.78 is 26.1. The van der Waals surface area contributed by atoms with E-state index in [0.29, 0.717) is 38.2 Å². The maximum Gasteiger partial charge on any atom is 0.247 e. The summed E-state index contributed by atoms with van der Waals surface area (Å²) in [7, 11) is 1.47. The van der Waals surface area contributed by atoms with Gasteiger partial charge >= 0.3 is 0 Å². The monoisotopic (exact) mass is 696 g/mol. The molecule has 42 heavy (non-hydrogen) atoms. The summed E-state index contributed by atoms with van der Waals surface area (Å²) in [6, 6.07) is 8.41. The van der Waals surface area contributed by atoms with Crippen LogP contribution in [0.4, 0.5) is 4.39 Å². The van der Waals surface area contributed by atoms with Gasteiger partial charge in [-0.25, -0.2) is 4.39 Å². The van der Waals surface area contributed by atoms with Gasteiger partial charge in [0.15, 0.2) is 11.5 Å². The first-order valence-electron chi connectivity index (χ1n) is 14.2. The molecule has 11 heteroatoms. The molecule has 228 valence electrons. The zero-order valence-electron chi connectivity index (χ0n) is 23.6. The zero-order valence-corrected chi connectivity index (χ0v) is 25.8. The predicted molar refractivity (Wildman–Crippen MR) is 162 cm³/mol. The van der Waals surface area contributed by atoms with E-state index in [1.165, 1.54) is 19.2 Å². The van der Waals surface area contributed by atoms with Gasteiger partial charge in [-0.15, -0.1) is 0 Å². The third kappa shape index (κ3) is 8.00. The largest absolute Gasteiger partial charge is 0.493 e. The Kier molecular flexibility index (Phi) is 11.6. The molecule has 1 fully saturated rings. The van der Waals surface area contributed by atoms with Gasteiger partial charge in [-0.05, 0) is 82.8 Å². The van der Waals surface area contributed by atoms with Gasteiger partial charge in [-0.2, -0.15) is 0 Å². The van der Waals surface area contributed by atoms with E-state index in [-0.39, 0.29) is 44.5 Å². The number of carbonyl (C=O) groups excluding carboxylic acids is 2. The van der Waals surface area contributed by atoms with Crippen molar-refractivity contribution in [3.05, 3.63) is 68.6 Å². The molecule has 2 aliphatic rings. The molecule has 0 heterocycles. The number of methoxy groups -OCH3 is 1. The Bertz CT molecular complexity index is 1270. The molecule has 0 radical (unpaired) electrons.